The molecule has 1 rings (SSSR count). The van der Waals surface area contributed by atoms with Crippen molar-refractivity contribution in [2.75, 3.05) is 7.11 Å². The van der Waals surface area contributed by atoms with E-state index in [-0.39, 0.29) is 11.5 Å². The van der Waals surface area contributed by atoms with Crippen LogP contribution in [0.15, 0.2) is 12.4 Å². The summed E-state index contributed by atoms with van der Waals surface area (Å²) < 4.78 is 4.32. The molecule has 0 unspecified atom stereocenters. The van der Waals surface area contributed by atoms with Gasteiger partial charge in [-0.1, -0.05) is 0 Å². The van der Waals surface area contributed by atoms with Gasteiger partial charge in [-0.05, 0) is 11.0 Å². The van der Waals surface area contributed by atoms with Gasteiger partial charge in [0.05, 0.1) is 7.11 Å². The summed E-state index contributed by atoms with van der Waals surface area (Å²) in [6, 6.07) is 0. The quantitative estimate of drug-likeness (QED) is 0.329. The molecule has 7 heteroatoms. The van der Waals surface area contributed by atoms with Crippen LogP contribution in [0.3, 0.4) is 0 Å². The standard InChI is InChI=1S/C7H7N3O4/c1-14-6(11)3-2-5-7(10(12)13)9-4-8-5/h2-4H,1H3,(H,8,9)/b3-2+. The number of ether oxygens (including phenoxy) is 1. The van der Waals surface area contributed by atoms with Gasteiger partial charge in [0, 0.05) is 6.08 Å². The molecule has 0 spiro atoms. The van der Waals surface area contributed by atoms with Crippen LogP contribution in [-0.4, -0.2) is 28.0 Å². The maximum absolute atomic E-state index is 10.7. The SMILES string of the molecule is COC(=O)/C=C/c1nc[nH]c1[N+](=O)[O-]. The molecule has 0 bridgehead atoms. The summed E-state index contributed by atoms with van der Waals surface area (Å²) in [4.78, 5) is 26.4. The van der Waals surface area contributed by atoms with Crippen molar-refractivity contribution in [3.05, 3.63) is 28.2 Å². The van der Waals surface area contributed by atoms with Crippen LogP contribution < -0.4 is 0 Å². The number of imidazole rings is 1. The Hall–Kier alpha value is -2.18. The summed E-state index contributed by atoms with van der Waals surface area (Å²) in [5.41, 5.74) is 0.0837. The van der Waals surface area contributed by atoms with Gasteiger partial charge in [0.25, 0.3) is 0 Å². The number of esters is 1. The number of rotatable bonds is 3. The molecule has 0 fully saturated rings. The molecule has 1 aromatic rings. The highest BCUT2D eigenvalue weighted by Crippen LogP contribution is 2.13. The first-order valence-electron chi connectivity index (χ1n) is 3.59. The van der Waals surface area contributed by atoms with E-state index in [2.05, 4.69) is 14.7 Å². The average Bonchev–Trinajstić information content (AvgIpc) is 2.62. The third-order valence-corrected chi connectivity index (χ3v) is 1.41. The Morgan fingerprint density at radius 2 is 2.50 bits per heavy atom. The zero-order valence-electron chi connectivity index (χ0n) is 7.26. The molecule has 7 nitrogen and oxygen atoms in total. The Morgan fingerprint density at radius 1 is 1.79 bits per heavy atom. The van der Waals surface area contributed by atoms with E-state index in [1.165, 1.54) is 19.5 Å². The average molecular weight is 197 g/mol. The lowest BCUT2D eigenvalue weighted by Gasteiger charge is -1.91. The van der Waals surface area contributed by atoms with E-state index in [0.717, 1.165) is 6.08 Å². The summed E-state index contributed by atoms with van der Waals surface area (Å²) in [5, 5.41) is 10.4. The van der Waals surface area contributed by atoms with Crippen molar-refractivity contribution < 1.29 is 14.5 Å². The molecule has 0 atom stereocenters. The minimum Gasteiger partial charge on any atom is -0.466 e. The molecule has 1 N–H and O–H groups in total. The van der Waals surface area contributed by atoms with Gasteiger partial charge in [0.1, 0.15) is 0 Å². The summed E-state index contributed by atoms with van der Waals surface area (Å²) >= 11 is 0. The largest absolute Gasteiger partial charge is 0.466 e. The number of nitrogens with one attached hydrogen (secondary N) is 1. The molecule has 74 valence electrons. The summed E-state index contributed by atoms with van der Waals surface area (Å²) in [7, 11) is 1.21. The van der Waals surface area contributed by atoms with Gasteiger partial charge < -0.3 is 14.9 Å². The van der Waals surface area contributed by atoms with Crippen LogP contribution in [0.25, 0.3) is 6.08 Å². The lowest BCUT2D eigenvalue weighted by Crippen LogP contribution is -1.94. The third-order valence-electron chi connectivity index (χ3n) is 1.41. The topological polar surface area (TPSA) is 98.1 Å². The van der Waals surface area contributed by atoms with E-state index in [4.69, 9.17) is 0 Å². The van der Waals surface area contributed by atoms with Crippen LogP contribution in [0.1, 0.15) is 5.69 Å². The van der Waals surface area contributed by atoms with E-state index in [1.807, 2.05) is 0 Å². The minimum atomic E-state index is -0.621. The summed E-state index contributed by atoms with van der Waals surface area (Å²) in [6.07, 6.45) is 3.44. The fourth-order valence-electron chi connectivity index (χ4n) is 0.781. The van der Waals surface area contributed by atoms with Crippen LogP contribution in [0.4, 0.5) is 5.82 Å². The molecule has 0 aromatic carbocycles. The predicted molar refractivity (Wildman–Crippen MR) is 46.3 cm³/mol. The maximum Gasteiger partial charge on any atom is 0.347 e. The number of H-pyrrole nitrogens is 1. The fourth-order valence-corrected chi connectivity index (χ4v) is 0.781. The Labute approximate surface area is 78.6 Å². The van der Waals surface area contributed by atoms with Crippen molar-refractivity contribution in [2.45, 2.75) is 0 Å². The van der Waals surface area contributed by atoms with Crippen molar-refractivity contribution in [1.82, 2.24) is 9.97 Å². The second-order valence-corrected chi connectivity index (χ2v) is 2.25. The Bertz CT molecular complexity index is 382. The lowest BCUT2D eigenvalue weighted by molar-refractivity contribution is -0.389. The molecule has 0 radical (unpaired) electrons. The van der Waals surface area contributed by atoms with E-state index in [0.29, 0.717) is 0 Å². The van der Waals surface area contributed by atoms with Crippen molar-refractivity contribution in [2.24, 2.45) is 0 Å². The summed E-state index contributed by atoms with van der Waals surface area (Å²) in [5.74, 6) is -0.854. The van der Waals surface area contributed by atoms with Crippen LogP contribution >= 0.6 is 0 Å². The molecular weight excluding hydrogens is 190 g/mol. The van der Waals surface area contributed by atoms with Crippen molar-refractivity contribution in [1.29, 1.82) is 0 Å². The van der Waals surface area contributed by atoms with Crippen LogP contribution in [-0.2, 0) is 9.53 Å². The number of carbonyl (C=O) groups excluding carboxylic acids is 1. The first-order valence-corrected chi connectivity index (χ1v) is 3.59. The molecule has 14 heavy (non-hydrogen) atoms. The Morgan fingerprint density at radius 3 is 3.07 bits per heavy atom. The van der Waals surface area contributed by atoms with Gasteiger partial charge >= 0.3 is 11.8 Å². The first kappa shape index (κ1) is 9.90. The zero-order valence-corrected chi connectivity index (χ0v) is 7.26. The van der Waals surface area contributed by atoms with Gasteiger partial charge in [0.15, 0.2) is 12.0 Å². The Kier molecular flexibility index (Phi) is 2.95. The molecule has 0 saturated carbocycles. The number of aromatic nitrogens is 2. The lowest BCUT2D eigenvalue weighted by atomic mass is 10.4. The van der Waals surface area contributed by atoms with E-state index in [9.17, 15) is 14.9 Å². The number of carbonyl (C=O) groups is 1. The molecule has 0 amide bonds. The predicted octanol–water partition coefficient (Wildman–Crippen LogP) is 0.504. The molecule has 0 aliphatic heterocycles. The zero-order chi connectivity index (χ0) is 10.6. The molecule has 1 aromatic heterocycles. The highest BCUT2D eigenvalue weighted by Gasteiger charge is 2.12. The van der Waals surface area contributed by atoms with Gasteiger partial charge in [0.2, 0.25) is 0 Å². The van der Waals surface area contributed by atoms with Crippen molar-refractivity contribution >= 4 is 17.9 Å². The fraction of sp³-hybridized carbons (Fsp3) is 0.143. The number of nitrogens with zero attached hydrogens (tertiary/aromatic N) is 2. The monoisotopic (exact) mass is 197 g/mol. The van der Waals surface area contributed by atoms with Crippen molar-refractivity contribution in [3.63, 3.8) is 0 Å². The van der Waals surface area contributed by atoms with Gasteiger partial charge in [-0.2, -0.15) is 0 Å². The van der Waals surface area contributed by atoms with Crippen LogP contribution in [0.2, 0.25) is 0 Å². The van der Waals surface area contributed by atoms with Crippen LogP contribution in [0, 0.1) is 10.1 Å². The normalized spacial score (nSPS) is 10.4. The number of methoxy groups -OCH3 is 1. The summed E-state index contributed by atoms with van der Waals surface area (Å²) in [6.45, 7) is 0. The van der Waals surface area contributed by atoms with E-state index in [1.54, 1.807) is 0 Å². The molecule has 0 aliphatic carbocycles. The maximum atomic E-state index is 10.7. The van der Waals surface area contributed by atoms with Crippen molar-refractivity contribution in [3.8, 4) is 0 Å². The number of hydrogen-bond acceptors (Lipinski definition) is 5. The molecule has 0 saturated heterocycles. The highest BCUT2D eigenvalue weighted by molar-refractivity contribution is 5.87. The smallest absolute Gasteiger partial charge is 0.347 e. The van der Waals surface area contributed by atoms with Gasteiger partial charge in [-0.15, -0.1) is 0 Å². The second-order valence-electron chi connectivity index (χ2n) is 2.25. The number of nitro groups is 1. The number of hydrogen-bond donors (Lipinski definition) is 1. The highest BCUT2D eigenvalue weighted by atomic mass is 16.6. The molecular formula is C7H7N3O4. The first-order chi connectivity index (χ1) is 6.65. The Balaban J connectivity index is 2.86. The molecule has 1 heterocycles. The van der Waals surface area contributed by atoms with Gasteiger partial charge in [-0.25, -0.2) is 14.8 Å². The third kappa shape index (κ3) is 2.16. The number of aromatic amines is 1. The second kappa shape index (κ2) is 4.17. The van der Waals surface area contributed by atoms with E-state index >= 15 is 0 Å². The minimum absolute atomic E-state index is 0.0837. The van der Waals surface area contributed by atoms with Crippen LogP contribution in [0.5, 0.6) is 0 Å². The molecule has 0 aliphatic rings. The van der Waals surface area contributed by atoms with Gasteiger partial charge in [-0.3, -0.25) is 0 Å². The van der Waals surface area contributed by atoms with E-state index < -0.39 is 10.9 Å².